The predicted octanol–water partition coefficient (Wildman–Crippen LogP) is 3.47. The first-order chi connectivity index (χ1) is 7.06. The standard InChI is InChI=1S/C13H21NO/c1-11(15)8-13(2,10-14)9-12-6-4-3-5-7-12/h12H,3-9H2,1-2H3. The van der Waals surface area contributed by atoms with Crippen molar-refractivity contribution in [2.24, 2.45) is 11.3 Å². The molecule has 1 unspecified atom stereocenters. The Morgan fingerprint density at radius 3 is 2.47 bits per heavy atom. The van der Waals surface area contributed by atoms with Gasteiger partial charge in [-0.15, -0.1) is 0 Å². The van der Waals surface area contributed by atoms with Crippen molar-refractivity contribution >= 4 is 5.78 Å². The normalized spacial score (nSPS) is 21.7. The molecule has 1 fully saturated rings. The molecule has 1 atom stereocenters. The fourth-order valence-corrected chi connectivity index (χ4v) is 2.74. The SMILES string of the molecule is CC(=O)CC(C)(C#N)CC1CCCCC1. The van der Waals surface area contributed by atoms with Crippen molar-refractivity contribution in [3.05, 3.63) is 0 Å². The molecule has 0 amide bonds. The molecular weight excluding hydrogens is 186 g/mol. The number of nitrogens with zero attached hydrogens (tertiary/aromatic N) is 1. The summed E-state index contributed by atoms with van der Waals surface area (Å²) >= 11 is 0. The summed E-state index contributed by atoms with van der Waals surface area (Å²) in [7, 11) is 0. The van der Waals surface area contributed by atoms with Crippen LogP contribution >= 0.6 is 0 Å². The van der Waals surface area contributed by atoms with Gasteiger partial charge in [-0.2, -0.15) is 5.26 Å². The highest BCUT2D eigenvalue weighted by Gasteiger charge is 2.30. The lowest BCUT2D eigenvalue weighted by Gasteiger charge is -2.29. The molecule has 0 radical (unpaired) electrons. The number of carbonyl (C=O) groups is 1. The number of hydrogen-bond acceptors (Lipinski definition) is 2. The van der Waals surface area contributed by atoms with Crippen molar-refractivity contribution in [2.45, 2.75) is 58.8 Å². The van der Waals surface area contributed by atoms with E-state index in [0.717, 1.165) is 6.42 Å². The van der Waals surface area contributed by atoms with Crippen LogP contribution in [0.25, 0.3) is 0 Å². The van der Waals surface area contributed by atoms with Gasteiger partial charge >= 0.3 is 0 Å². The van der Waals surface area contributed by atoms with Crippen molar-refractivity contribution in [3.8, 4) is 6.07 Å². The highest BCUT2D eigenvalue weighted by Crippen LogP contribution is 2.36. The first-order valence-corrected chi connectivity index (χ1v) is 5.96. The van der Waals surface area contributed by atoms with Crippen molar-refractivity contribution in [1.29, 1.82) is 5.26 Å². The molecule has 1 aliphatic carbocycles. The summed E-state index contributed by atoms with van der Waals surface area (Å²) < 4.78 is 0. The van der Waals surface area contributed by atoms with Crippen LogP contribution in [0.2, 0.25) is 0 Å². The highest BCUT2D eigenvalue weighted by molar-refractivity contribution is 5.76. The first-order valence-electron chi connectivity index (χ1n) is 5.96. The Bertz CT molecular complexity index is 260. The van der Waals surface area contributed by atoms with Crippen LogP contribution < -0.4 is 0 Å². The number of hydrogen-bond donors (Lipinski definition) is 0. The molecule has 2 nitrogen and oxygen atoms in total. The van der Waals surface area contributed by atoms with Crippen LogP contribution in [0.4, 0.5) is 0 Å². The van der Waals surface area contributed by atoms with Crippen LogP contribution in [0.3, 0.4) is 0 Å². The van der Waals surface area contributed by atoms with Gasteiger partial charge in [0.05, 0.1) is 11.5 Å². The Kier molecular flexibility index (Phi) is 4.32. The molecule has 15 heavy (non-hydrogen) atoms. The fourth-order valence-electron chi connectivity index (χ4n) is 2.74. The summed E-state index contributed by atoms with van der Waals surface area (Å²) in [5, 5.41) is 9.16. The highest BCUT2D eigenvalue weighted by atomic mass is 16.1. The molecule has 84 valence electrons. The third-order valence-corrected chi connectivity index (χ3v) is 3.37. The van der Waals surface area contributed by atoms with Gasteiger partial charge in [-0.25, -0.2) is 0 Å². The average Bonchev–Trinajstić information content (AvgIpc) is 2.18. The number of ketones is 1. The Morgan fingerprint density at radius 2 is 2.00 bits per heavy atom. The second-order valence-electron chi connectivity index (χ2n) is 5.26. The molecule has 0 aliphatic heterocycles. The summed E-state index contributed by atoms with van der Waals surface area (Å²) in [6.07, 6.45) is 7.75. The maximum atomic E-state index is 11.1. The zero-order valence-corrected chi connectivity index (χ0v) is 9.88. The van der Waals surface area contributed by atoms with E-state index in [1.54, 1.807) is 6.92 Å². The van der Waals surface area contributed by atoms with Crippen LogP contribution in [0.1, 0.15) is 58.8 Å². The Morgan fingerprint density at radius 1 is 1.40 bits per heavy atom. The average molecular weight is 207 g/mol. The third kappa shape index (κ3) is 4.03. The monoisotopic (exact) mass is 207 g/mol. The van der Waals surface area contributed by atoms with Crippen LogP contribution in [0.15, 0.2) is 0 Å². The summed E-state index contributed by atoms with van der Waals surface area (Å²) in [6.45, 7) is 3.51. The molecule has 1 saturated carbocycles. The van der Waals surface area contributed by atoms with E-state index in [1.165, 1.54) is 32.1 Å². The van der Waals surface area contributed by atoms with Crippen molar-refractivity contribution in [3.63, 3.8) is 0 Å². The number of Topliss-reactive ketones (excluding diaryl/α,β-unsaturated/α-hetero) is 1. The topological polar surface area (TPSA) is 40.9 Å². The van der Waals surface area contributed by atoms with Gasteiger partial charge in [-0.1, -0.05) is 32.1 Å². The maximum absolute atomic E-state index is 11.1. The Hall–Kier alpha value is -0.840. The van der Waals surface area contributed by atoms with Gasteiger partial charge in [0, 0.05) is 6.42 Å². The Balaban J connectivity index is 2.51. The molecule has 0 aromatic carbocycles. The minimum atomic E-state index is -0.423. The van der Waals surface area contributed by atoms with E-state index in [-0.39, 0.29) is 5.78 Å². The minimum absolute atomic E-state index is 0.134. The summed E-state index contributed by atoms with van der Waals surface area (Å²) in [6, 6.07) is 2.34. The second kappa shape index (κ2) is 5.30. The Labute approximate surface area is 92.7 Å². The number of carbonyl (C=O) groups excluding carboxylic acids is 1. The van der Waals surface area contributed by atoms with Crippen LogP contribution in [-0.2, 0) is 4.79 Å². The molecule has 0 bridgehead atoms. The molecule has 2 heteroatoms. The molecule has 0 spiro atoms. The van der Waals surface area contributed by atoms with Gasteiger partial charge in [0.15, 0.2) is 0 Å². The van der Waals surface area contributed by atoms with Crippen LogP contribution in [-0.4, -0.2) is 5.78 Å². The minimum Gasteiger partial charge on any atom is -0.300 e. The van der Waals surface area contributed by atoms with Gasteiger partial charge in [0.1, 0.15) is 5.78 Å². The van der Waals surface area contributed by atoms with Gasteiger partial charge in [0.25, 0.3) is 0 Å². The zero-order valence-electron chi connectivity index (χ0n) is 9.88. The zero-order chi connectivity index (χ0) is 11.3. The van der Waals surface area contributed by atoms with E-state index >= 15 is 0 Å². The van der Waals surface area contributed by atoms with E-state index in [4.69, 9.17) is 5.26 Å². The summed E-state index contributed by atoms with van der Waals surface area (Å²) in [4.78, 5) is 11.1. The van der Waals surface area contributed by atoms with E-state index < -0.39 is 5.41 Å². The van der Waals surface area contributed by atoms with Crippen molar-refractivity contribution in [2.75, 3.05) is 0 Å². The number of rotatable bonds is 4. The fraction of sp³-hybridized carbons (Fsp3) is 0.846. The van der Waals surface area contributed by atoms with Gasteiger partial charge in [0.2, 0.25) is 0 Å². The first kappa shape index (κ1) is 12.2. The molecule has 0 saturated heterocycles. The molecule has 0 aromatic rings. The lowest BCUT2D eigenvalue weighted by molar-refractivity contribution is -0.118. The van der Waals surface area contributed by atoms with Gasteiger partial charge in [-0.3, -0.25) is 4.79 Å². The number of nitriles is 1. The molecular formula is C13H21NO. The molecule has 1 aliphatic rings. The summed E-state index contributed by atoms with van der Waals surface area (Å²) in [5.74, 6) is 0.803. The van der Waals surface area contributed by atoms with Crippen molar-refractivity contribution < 1.29 is 4.79 Å². The second-order valence-corrected chi connectivity index (χ2v) is 5.26. The van der Waals surface area contributed by atoms with Gasteiger partial charge < -0.3 is 0 Å². The maximum Gasteiger partial charge on any atom is 0.131 e. The molecule has 1 rings (SSSR count). The quantitative estimate of drug-likeness (QED) is 0.708. The van der Waals surface area contributed by atoms with Crippen molar-refractivity contribution in [1.82, 2.24) is 0 Å². The third-order valence-electron chi connectivity index (χ3n) is 3.37. The lowest BCUT2D eigenvalue weighted by Crippen LogP contribution is -2.23. The molecule has 0 aromatic heterocycles. The smallest absolute Gasteiger partial charge is 0.131 e. The molecule has 0 heterocycles. The molecule has 0 N–H and O–H groups in total. The largest absolute Gasteiger partial charge is 0.300 e. The van der Waals surface area contributed by atoms with Crippen LogP contribution in [0.5, 0.6) is 0 Å². The van der Waals surface area contributed by atoms with Crippen LogP contribution in [0, 0.1) is 22.7 Å². The summed E-state index contributed by atoms with van der Waals surface area (Å²) in [5.41, 5.74) is -0.423. The predicted molar refractivity (Wildman–Crippen MR) is 60.2 cm³/mol. The van der Waals surface area contributed by atoms with E-state index in [9.17, 15) is 4.79 Å². The van der Waals surface area contributed by atoms with Gasteiger partial charge in [-0.05, 0) is 26.2 Å². The van der Waals surface area contributed by atoms with E-state index in [2.05, 4.69) is 6.07 Å². The van der Waals surface area contributed by atoms with E-state index in [1.807, 2.05) is 6.92 Å². The van der Waals surface area contributed by atoms with E-state index in [0.29, 0.717) is 12.3 Å². The lowest BCUT2D eigenvalue weighted by atomic mass is 9.74.